The van der Waals surface area contributed by atoms with E-state index in [4.69, 9.17) is 0 Å². The van der Waals surface area contributed by atoms with E-state index in [1.165, 1.54) is 11.1 Å². The largest absolute Gasteiger partial charge is 0.355 e. The Bertz CT molecular complexity index is 529. The van der Waals surface area contributed by atoms with Crippen LogP contribution in [0, 0.1) is 13.8 Å². The first kappa shape index (κ1) is 11.4. The summed E-state index contributed by atoms with van der Waals surface area (Å²) >= 11 is 0. The standard InChI is InChI=1S/C15H15NO/c1-11-4-3-5-15(12(11)2)16-14-8-6-13(10-17)7-9-14/h3-10,16H,1-2H3. The SMILES string of the molecule is Cc1cccc(Nc2ccc(C=O)cc2)c1C. The average Bonchev–Trinajstić information content (AvgIpc) is 2.36. The van der Waals surface area contributed by atoms with E-state index in [0.717, 1.165) is 17.7 Å². The Hall–Kier alpha value is -2.09. The van der Waals surface area contributed by atoms with Crippen molar-refractivity contribution in [3.05, 3.63) is 59.2 Å². The topological polar surface area (TPSA) is 29.1 Å². The predicted molar refractivity (Wildman–Crippen MR) is 71.0 cm³/mol. The average molecular weight is 225 g/mol. The van der Waals surface area contributed by atoms with Crippen molar-refractivity contribution in [3.63, 3.8) is 0 Å². The van der Waals surface area contributed by atoms with Gasteiger partial charge >= 0.3 is 0 Å². The summed E-state index contributed by atoms with van der Waals surface area (Å²) < 4.78 is 0. The molecule has 2 aromatic carbocycles. The summed E-state index contributed by atoms with van der Waals surface area (Å²) in [7, 11) is 0. The number of benzene rings is 2. The van der Waals surface area contributed by atoms with Crippen LogP contribution in [0.15, 0.2) is 42.5 Å². The van der Waals surface area contributed by atoms with Crippen LogP contribution >= 0.6 is 0 Å². The summed E-state index contributed by atoms with van der Waals surface area (Å²) in [5.74, 6) is 0. The van der Waals surface area contributed by atoms with Crippen LogP contribution in [0.3, 0.4) is 0 Å². The zero-order chi connectivity index (χ0) is 12.3. The van der Waals surface area contributed by atoms with Crippen LogP contribution in [0.1, 0.15) is 21.5 Å². The molecule has 2 rings (SSSR count). The number of aryl methyl sites for hydroxylation is 1. The Kier molecular flexibility index (Phi) is 3.24. The van der Waals surface area contributed by atoms with Crippen LogP contribution in [0.25, 0.3) is 0 Å². The Balaban J connectivity index is 2.25. The highest BCUT2D eigenvalue weighted by atomic mass is 16.1. The van der Waals surface area contributed by atoms with Crippen molar-refractivity contribution in [1.29, 1.82) is 0 Å². The fraction of sp³-hybridized carbons (Fsp3) is 0.133. The third-order valence-corrected chi connectivity index (χ3v) is 2.93. The van der Waals surface area contributed by atoms with Crippen LogP contribution in [0.4, 0.5) is 11.4 Å². The second-order valence-corrected chi connectivity index (χ2v) is 4.11. The van der Waals surface area contributed by atoms with Crippen LogP contribution in [0.5, 0.6) is 0 Å². The summed E-state index contributed by atoms with van der Waals surface area (Å²) in [4.78, 5) is 10.6. The lowest BCUT2D eigenvalue weighted by molar-refractivity contribution is 0.112. The molecule has 0 heterocycles. The normalized spacial score (nSPS) is 10.0. The molecule has 0 aliphatic carbocycles. The van der Waals surface area contributed by atoms with Crippen LogP contribution in [-0.4, -0.2) is 6.29 Å². The van der Waals surface area contributed by atoms with Gasteiger partial charge in [0.05, 0.1) is 0 Å². The van der Waals surface area contributed by atoms with E-state index in [1.807, 2.05) is 18.2 Å². The minimum atomic E-state index is 0.691. The van der Waals surface area contributed by atoms with Crippen molar-refractivity contribution >= 4 is 17.7 Å². The molecule has 0 aliphatic rings. The molecule has 2 nitrogen and oxygen atoms in total. The molecule has 0 amide bonds. The number of nitrogens with one attached hydrogen (secondary N) is 1. The summed E-state index contributed by atoms with van der Waals surface area (Å²) in [6.07, 6.45) is 0.849. The van der Waals surface area contributed by atoms with Crippen molar-refractivity contribution in [1.82, 2.24) is 0 Å². The Morgan fingerprint density at radius 3 is 2.35 bits per heavy atom. The molecule has 0 bridgehead atoms. The number of carbonyl (C=O) groups is 1. The Morgan fingerprint density at radius 1 is 1.00 bits per heavy atom. The van der Waals surface area contributed by atoms with E-state index in [1.54, 1.807) is 12.1 Å². The molecule has 1 N–H and O–H groups in total. The quantitative estimate of drug-likeness (QED) is 0.804. The Morgan fingerprint density at radius 2 is 1.71 bits per heavy atom. The van der Waals surface area contributed by atoms with Gasteiger partial charge < -0.3 is 5.32 Å². The van der Waals surface area contributed by atoms with E-state index in [0.29, 0.717) is 5.56 Å². The molecule has 0 spiro atoms. The molecule has 0 atom stereocenters. The minimum absolute atomic E-state index is 0.691. The zero-order valence-electron chi connectivity index (χ0n) is 10.0. The molecule has 86 valence electrons. The van der Waals surface area contributed by atoms with E-state index in [9.17, 15) is 4.79 Å². The lowest BCUT2D eigenvalue weighted by atomic mass is 10.1. The van der Waals surface area contributed by atoms with E-state index >= 15 is 0 Å². The lowest BCUT2D eigenvalue weighted by Crippen LogP contribution is -1.94. The highest BCUT2D eigenvalue weighted by Crippen LogP contribution is 2.22. The van der Waals surface area contributed by atoms with Gasteiger partial charge in [-0.1, -0.05) is 12.1 Å². The van der Waals surface area contributed by atoms with Gasteiger partial charge in [-0.05, 0) is 55.3 Å². The van der Waals surface area contributed by atoms with Crippen molar-refractivity contribution in [2.24, 2.45) is 0 Å². The third-order valence-electron chi connectivity index (χ3n) is 2.93. The van der Waals surface area contributed by atoms with Crippen LogP contribution in [-0.2, 0) is 0 Å². The van der Waals surface area contributed by atoms with Gasteiger partial charge in [-0.15, -0.1) is 0 Å². The number of rotatable bonds is 3. The first-order valence-electron chi connectivity index (χ1n) is 5.59. The second-order valence-electron chi connectivity index (χ2n) is 4.11. The molecule has 2 aromatic rings. The highest BCUT2D eigenvalue weighted by molar-refractivity contribution is 5.76. The highest BCUT2D eigenvalue weighted by Gasteiger charge is 2.00. The number of hydrogen-bond donors (Lipinski definition) is 1. The van der Waals surface area contributed by atoms with E-state index < -0.39 is 0 Å². The van der Waals surface area contributed by atoms with Crippen LogP contribution in [0.2, 0.25) is 0 Å². The number of carbonyl (C=O) groups excluding carboxylic acids is 1. The summed E-state index contributed by atoms with van der Waals surface area (Å²) in [6.45, 7) is 4.19. The van der Waals surface area contributed by atoms with Gasteiger partial charge in [0.15, 0.2) is 0 Å². The molecule has 0 unspecified atom stereocenters. The van der Waals surface area contributed by atoms with Gasteiger partial charge in [0, 0.05) is 16.9 Å². The van der Waals surface area contributed by atoms with Gasteiger partial charge in [0.1, 0.15) is 6.29 Å². The summed E-state index contributed by atoms with van der Waals surface area (Å²) in [6, 6.07) is 13.6. The van der Waals surface area contributed by atoms with Gasteiger partial charge in [0.2, 0.25) is 0 Å². The molecule has 0 aliphatic heterocycles. The molecule has 0 saturated carbocycles. The van der Waals surface area contributed by atoms with Gasteiger partial charge in [-0.25, -0.2) is 0 Å². The van der Waals surface area contributed by atoms with Gasteiger partial charge in [-0.3, -0.25) is 4.79 Å². The zero-order valence-corrected chi connectivity index (χ0v) is 10.0. The van der Waals surface area contributed by atoms with Crippen LogP contribution < -0.4 is 5.32 Å². The molecular formula is C15H15NO. The molecule has 0 aromatic heterocycles. The molecule has 17 heavy (non-hydrogen) atoms. The van der Waals surface area contributed by atoms with Gasteiger partial charge in [-0.2, -0.15) is 0 Å². The maximum atomic E-state index is 10.6. The molecule has 2 heteroatoms. The van der Waals surface area contributed by atoms with Crippen molar-refractivity contribution in [2.75, 3.05) is 5.32 Å². The van der Waals surface area contributed by atoms with Crippen molar-refractivity contribution < 1.29 is 4.79 Å². The summed E-state index contributed by atoms with van der Waals surface area (Å²) in [5.41, 5.74) is 5.29. The van der Waals surface area contributed by atoms with Crippen molar-refractivity contribution in [2.45, 2.75) is 13.8 Å². The molecule has 0 fully saturated rings. The number of hydrogen-bond acceptors (Lipinski definition) is 2. The molecule has 0 saturated heterocycles. The fourth-order valence-corrected chi connectivity index (χ4v) is 1.69. The van der Waals surface area contributed by atoms with E-state index in [2.05, 4.69) is 31.3 Å². The smallest absolute Gasteiger partial charge is 0.150 e. The number of anilines is 2. The third kappa shape index (κ3) is 2.53. The molecular weight excluding hydrogens is 210 g/mol. The first-order chi connectivity index (χ1) is 8.20. The maximum absolute atomic E-state index is 10.6. The van der Waals surface area contributed by atoms with E-state index in [-0.39, 0.29) is 0 Å². The second kappa shape index (κ2) is 4.83. The monoisotopic (exact) mass is 225 g/mol. The van der Waals surface area contributed by atoms with Gasteiger partial charge in [0.25, 0.3) is 0 Å². The fourth-order valence-electron chi connectivity index (χ4n) is 1.69. The lowest BCUT2D eigenvalue weighted by Gasteiger charge is -2.11. The summed E-state index contributed by atoms with van der Waals surface area (Å²) in [5, 5.41) is 3.35. The van der Waals surface area contributed by atoms with Crippen molar-refractivity contribution in [3.8, 4) is 0 Å². The first-order valence-corrected chi connectivity index (χ1v) is 5.59. The number of aldehydes is 1. The maximum Gasteiger partial charge on any atom is 0.150 e. The Labute approximate surface area is 101 Å². The molecule has 0 radical (unpaired) electrons. The minimum Gasteiger partial charge on any atom is -0.355 e. The predicted octanol–water partition coefficient (Wildman–Crippen LogP) is 3.86.